The summed E-state index contributed by atoms with van der Waals surface area (Å²) in [6, 6.07) is 6.28. The Morgan fingerprint density at radius 3 is 3.24 bits per heavy atom. The van der Waals surface area contributed by atoms with E-state index in [1.165, 1.54) is 5.56 Å². The first kappa shape index (κ1) is 10.7. The highest BCUT2D eigenvalue weighted by molar-refractivity contribution is 5.75. The summed E-state index contributed by atoms with van der Waals surface area (Å²) in [6.45, 7) is 4.75. The van der Waals surface area contributed by atoms with Gasteiger partial charge in [-0.25, -0.2) is 4.98 Å². The van der Waals surface area contributed by atoms with Crippen LogP contribution in [0.3, 0.4) is 0 Å². The van der Waals surface area contributed by atoms with Gasteiger partial charge in [0.2, 0.25) is 0 Å². The summed E-state index contributed by atoms with van der Waals surface area (Å²) >= 11 is 0. The third kappa shape index (κ3) is 2.33. The highest BCUT2D eigenvalue weighted by Crippen LogP contribution is 2.14. The summed E-state index contributed by atoms with van der Waals surface area (Å²) in [6.07, 6.45) is 1.09. The number of nitrogens with one attached hydrogen (secondary N) is 2. The van der Waals surface area contributed by atoms with E-state index in [-0.39, 0.29) is 6.10 Å². The fourth-order valence-electron chi connectivity index (χ4n) is 2.24. The molecule has 4 heteroatoms. The van der Waals surface area contributed by atoms with E-state index in [1.54, 1.807) is 0 Å². The van der Waals surface area contributed by atoms with Gasteiger partial charge >= 0.3 is 0 Å². The molecule has 0 bridgehead atoms. The average Bonchev–Trinajstić information content (AvgIpc) is 2.71. The van der Waals surface area contributed by atoms with Gasteiger partial charge in [0.05, 0.1) is 23.7 Å². The Hall–Kier alpha value is -1.39. The van der Waals surface area contributed by atoms with Crippen molar-refractivity contribution in [2.45, 2.75) is 19.4 Å². The lowest BCUT2D eigenvalue weighted by Crippen LogP contribution is -2.39. The lowest BCUT2D eigenvalue weighted by molar-refractivity contribution is 0.0282. The van der Waals surface area contributed by atoms with Crippen molar-refractivity contribution in [1.82, 2.24) is 15.3 Å². The maximum atomic E-state index is 5.68. The third-order valence-corrected chi connectivity index (χ3v) is 3.11. The predicted octanol–water partition coefficient (Wildman–Crippen LogP) is 1.40. The molecule has 1 aromatic carbocycles. The van der Waals surface area contributed by atoms with Gasteiger partial charge in [0.1, 0.15) is 5.82 Å². The number of hydrogen-bond donors (Lipinski definition) is 2. The number of rotatable bonds is 2. The molecule has 2 heterocycles. The summed E-state index contributed by atoms with van der Waals surface area (Å²) in [5.41, 5.74) is 3.40. The van der Waals surface area contributed by atoms with E-state index in [0.29, 0.717) is 0 Å². The van der Waals surface area contributed by atoms with E-state index >= 15 is 0 Å². The maximum absolute atomic E-state index is 5.68. The van der Waals surface area contributed by atoms with Crippen LogP contribution in [0.25, 0.3) is 11.0 Å². The maximum Gasteiger partial charge on any atom is 0.109 e. The first-order chi connectivity index (χ1) is 8.31. The van der Waals surface area contributed by atoms with Crippen molar-refractivity contribution in [3.63, 3.8) is 0 Å². The van der Waals surface area contributed by atoms with Crippen LogP contribution in [0.2, 0.25) is 0 Å². The van der Waals surface area contributed by atoms with Gasteiger partial charge in [-0.15, -0.1) is 0 Å². The summed E-state index contributed by atoms with van der Waals surface area (Å²) in [4.78, 5) is 7.95. The Labute approximate surface area is 100 Å². The van der Waals surface area contributed by atoms with E-state index in [1.807, 2.05) is 0 Å². The first-order valence-corrected chi connectivity index (χ1v) is 6.09. The Kier molecular flexibility index (Phi) is 2.82. The van der Waals surface area contributed by atoms with Crippen molar-refractivity contribution < 1.29 is 4.74 Å². The zero-order valence-electron chi connectivity index (χ0n) is 9.99. The number of nitrogens with zero attached hydrogens (tertiary/aromatic N) is 1. The van der Waals surface area contributed by atoms with Crippen molar-refractivity contribution in [1.29, 1.82) is 0 Å². The van der Waals surface area contributed by atoms with Crippen molar-refractivity contribution in [3.8, 4) is 0 Å². The normalized spacial score (nSPS) is 20.9. The second kappa shape index (κ2) is 4.47. The molecule has 3 rings (SSSR count). The van der Waals surface area contributed by atoms with E-state index in [0.717, 1.165) is 43.0 Å². The fraction of sp³-hybridized carbons (Fsp3) is 0.462. The van der Waals surface area contributed by atoms with Crippen LogP contribution in [-0.4, -0.2) is 35.8 Å². The van der Waals surface area contributed by atoms with Gasteiger partial charge in [0.15, 0.2) is 0 Å². The number of H-pyrrole nitrogens is 1. The summed E-state index contributed by atoms with van der Waals surface area (Å²) in [5, 5.41) is 3.33. The van der Waals surface area contributed by atoms with Crippen LogP contribution in [0.15, 0.2) is 18.2 Å². The van der Waals surface area contributed by atoms with Crippen LogP contribution in [-0.2, 0) is 11.2 Å². The van der Waals surface area contributed by atoms with Gasteiger partial charge in [-0.2, -0.15) is 0 Å². The van der Waals surface area contributed by atoms with E-state index < -0.39 is 0 Å². The Balaban J connectivity index is 1.80. The number of benzene rings is 1. The molecule has 0 saturated carbocycles. The molecule has 2 aromatic rings. The van der Waals surface area contributed by atoms with Crippen molar-refractivity contribution >= 4 is 11.0 Å². The SMILES string of the molecule is Cc1ccc2nc(CC3CNCCO3)[nH]c2c1. The largest absolute Gasteiger partial charge is 0.375 e. The molecule has 1 saturated heterocycles. The smallest absolute Gasteiger partial charge is 0.109 e. The molecule has 1 aliphatic heterocycles. The molecule has 0 radical (unpaired) electrons. The molecule has 0 aliphatic carbocycles. The van der Waals surface area contributed by atoms with Crippen LogP contribution in [0, 0.1) is 6.92 Å². The predicted molar refractivity (Wildman–Crippen MR) is 67.1 cm³/mol. The molecular formula is C13H17N3O. The van der Waals surface area contributed by atoms with Crippen LogP contribution in [0.5, 0.6) is 0 Å². The number of aromatic nitrogens is 2. The molecular weight excluding hydrogens is 214 g/mol. The summed E-state index contributed by atoms with van der Waals surface area (Å²) in [5.74, 6) is 1.01. The second-order valence-corrected chi connectivity index (χ2v) is 4.61. The number of hydrogen-bond acceptors (Lipinski definition) is 3. The molecule has 1 unspecified atom stereocenters. The monoisotopic (exact) mass is 231 g/mol. The lowest BCUT2D eigenvalue weighted by Gasteiger charge is -2.22. The first-order valence-electron chi connectivity index (χ1n) is 6.09. The fourth-order valence-corrected chi connectivity index (χ4v) is 2.24. The van der Waals surface area contributed by atoms with Gasteiger partial charge in [-0.05, 0) is 24.6 Å². The molecule has 17 heavy (non-hydrogen) atoms. The average molecular weight is 231 g/mol. The molecule has 0 spiro atoms. The molecule has 0 amide bonds. The van der Waals surface area contributed by atoms with E-state index in [2.05, 4.69) is 40.4 Å². The topological polar surface area (TPSA) is 49.9 Å². The minimum absolute atomic E-state index is 0.241. The Morgan fingerprint density at radius 2 is 2.41 bits per heavy atom. The summed E-state index contributed by atoms with van der Waals surface area (Å²) in [7, 11) is 0. The van der Waals surface area contributed by atoms with Crippen molar-refractivity contribution in [2.24, 2.45) is 0 Å². The van der Waals surface area contributed by atoms with Crippen molar-refractivity contribution in [3.05, 3.63) is 29.6 Å². The molecule has 4 nitrogen and oxygen atoms in total. The molecule has 1 atom stereocenters. The number of aryl methyl sites for hydroxylation is 1. The van der Waals surface area contributed by atoms with Crippen LogP contribution in [0.4, 0.5) is 0 Å². The van der Waals surface area contributed by atoms with Gasteiger partial charge < -0.3 is 15.0 Å². The number of fused-ring (bicyclic) bond motifs is 1. The van der Waals surface area contributed by atoms with Gasteiger partial charge in [-0.3, -0.25) is 0 Å². The minimum Gasteiger partial charge on any atom is -0.375 e. The molecule has 90 valence electrons. The Bertz CT molecular complexity index is 514. The third-order valence-electron chi connectivity index (χ3n) is 3.11. The highest BCUT2D eigenvalue weighted by atomic mass is 16.5. The number of aromatic amines is 1. The number of ether oxygens (including phenoxy) is 1. The standard InChI is InChI=1S/C13H17N3O/c1-9-2-3-11-12(6-9)16-13(15-11)7-10-8-14-4-5-17-10/h2-3,6,10,14H,4-5,7-8H2,1H3,(H,15,16). The second-order valence-electron chi connectivity index (χ2n) is 4.61. The molecule has 1 aromatic heterocycles. The zero-order valence-corrected chi connectivity index (χ0v) is 9.99. The number of imidazole rings is 1. The van der Waals surface area contributed by atoms with Gasteiger partial charge in [0.25, 0.3) is 0 Å². The Morgan fingerprint density at radius 1 is 1.47 bits per heavy atom. The summed E-state index contributed by atoms with van der Waals surface area (Å²) < 4.78 is 5.68. The van der Waals surface area contributed by atoms with Crippen LogP contribution >= 0.6 is 0 Å². The van der Waals surface area contributed by atoms with E-state index in [9.17, 15) is 0 Å². The van der Waals surface area contributed by atoms with Gasteiger partial charge in [-0.1, -0.05) is 6.07 Å². The van der Waals surface area contributed by atoms with Crippen LogP contribution in [0.1, 0.15) is 11.4 Å². The molecule has 2 N–H and O–H groups in total. The highest BCUT2D eigenvalue weighted by Gasteiger charge is 2.15. The molecule has 1 fully saturated rings. The quantitative estimate of drug-likeness (QED) is 0.821. The number of morpholine rings is 1. The zero-order chi connectivity index (χ0) is 11.7. The van der Waals surface area contributed by atoms with Gasteiger partial charge in [0, 0.05) is 19.5 Å². The van der Waals surface area contributed by atoms with E-state index in [4.69, 9.17) is 4.74 Å². The molecule has 1 aliphatic rings. The van der Waals surface area contributed by atoms with Crippen LogP contribution < -0.4 is 5.32 Å². The lowest BCUT2D eigenvalue weighted by atomic mass is 10.2. The minimum atomic E-state index is 0.241. The van der Waals surface area contributed by atoms with Crippen molar-refractivity contribution in [2.75, 3.05) is 19.7 Å².